The number of carbonyl (C=O) groups is 1. The van der Waals surface area contributed by atoms with E-state index in [4.69, 9.17) is 5.73 Å². The molecule has 0 spiro atoms. The van der Waals surface area contributed by atoms with Crippen LogP contribution in [0.2, 0.25) is 0 Å². The van der Waals surface area contributed by atoms with Gasteiger partial charge >= 0.3 is 0 Å². The Bertz CT molecular complexity index is 958. The molecule has 2 aliphatic rings. The second kappa shape index (κ2) is 7.18. The number of likely N-dealkylation sites (tertiary alicyclic amines) is 1. The lowest BCUT2D eigenvalue weighted by molar-refractivity contribution is -0.166. The van der Waals surface area contributed by atoms with Crippen LogP contribution in [-0.4, -0.2) is 45.7 Å². The van der Waals surface area contributed by atoms with Gasteiger partial charge in [-0.25, -0.2) is 26.9 Å². The van der Waals surface area contributed by atoms with Crippen LogP contribution in [-0.2, 0) is 4.79 Å². The number of hydrogen-bond acceptors (Lipinski definition) is 3. The van der Waals surface area contributed by atoms with Crippen molar-refractivity contribution >= 4 is 16.9 Å². The average molecular weight is 430 g/mol. The summed E-state index contributed by atoms with van der Waals surface area (Å²) in [5.74, 6) is -7.69. The van der Waals surface area contributed by atoms with Gasteiger partial charge in [0.2, 0.25) is 11.8 Å². The molecule has 5 nitrogen and oxygen atoms in total. The predicted molar refractivity (Wildman–Crippen MR) is 99.8 cm³/mol. The number of halogens is 5. The minimum Gasteiger partial charge on any atom is -0.341 e. The van der Waals surface area contributed by atoms with Gasteiger partial charge in [0, 0.05) is 18.4 Å². The Morgan fingerprint density at radius 2 is 1.83 bits per heavy atom. The van der Waals surface area contributed by atoms with E-state index in [9.17, 15) is 22.4 Å². The van der Waals surface area contributed by atoms with E-state index in [1.54, 1.807) is 6.07 Å². The number of aromatic amines is 1. The first-order valence-electron chi connectivity index (χ1n) is 9.95. The summed E-state index contributed by atoms with van der Waals surface area (Å²) in [6.07, 6.45) is 0.0362. The van der Waals surface area contributed by atoms with Gasteiger partial charge in [0.25, 0.3) is 5.92 Å². The second-order valence-electron chi connectivity index (χ2n) is 8.48. The molecule has 2 aromatic rings. The maximum Gasteiger partial charge on any atom is 0.282 e. The fourth-order valence-electron chi connectivity index (χ4n) is 4.29. The van der Waals surface area contributed by atoms with Crippen LogP contribution in [0.4, 0.5) is 22.0 Å². The molecular formula is C20H23F5N4O. The molecule has 1 aromatic carbocycles. The molecule has 1 aliphatic carbocycles. The van der Waals surface area contributed by atoms with Gasteiger partial charge in [0.15, 0.2) is 5.82 Å². The van der Waals surface area contributed by atoms with Gasteiger partial charge in [0.05, 0.1) is 30.6 Å². The maximum absolute atomic E-state index is 15.1. The largest absolute Gasteiger partial charge is 0.341 e. The highest BCUT2D eigenvalue weighted by atomic mass is 19.3. The third-order valence-corrected chi connectivity index (χ3v) is 6.22. The molecule has 1 saturated carbocycles. The van der Waals surface area contributed by atoms with Crippen molar-refractivity contribution in [3.63, 3.8) is 0 Å². The molecule has 10 heteroatoms. The SMILES string of the molecule is C[C@H](C(=O)N1CC(F)(F)C1)c1ccc2[nH]c([C@@H](N)C3CCC(F)(F)CC3)nc2c1F. The minimum atomic E-state index is -2.89. The molecule has 0 bridgehead atoms. The van der Waals surface area contributed by atoms with Crippen molar-refractivity contribution in [1.82, 2.24) is 14.9 Å². The number of nitrogens with two attached hydrogens (primary N) is 1. The normalized spacial score (nSPS) is 23.2. The number of amides is 1. The van der Waals surface area contributed by atoms with E-state index in [2.05, 4.69) is 9.97 Å². The van der Waals surface area contributed by atoms with E-state index < -0.39 is 48.6 Å². The Hall–Kier alpha value is -2.23. The van der Waals surface area contributed by atoms with E-state index >= 15 is 4.39 Å². The third kappa shape index (κ3) is 3.77. The quantitative estimate of drug-likeness (QED) is 0.717. The molecule has 2 fully saturated rings. The van der Waals surface area contributed by atoms with Gasteiger partial charge in [-0.3, -0.25) is 4.79 Å². The zero-order valence-corrected chi connectivity index (χ0v) is 16.4. The standard InChI is InChI=1S/C20H23F5N4O/c1-10(18(30)29-8-20(24,25)9-29)12-2-3-13-16(14(12)21)28-17(27-13)15(26)11-4-6-19(22,23)7-5-11/h2-3,10-11,15H,4-9,26H2,1H3,(H,27,28)/t10-,15-/m0/s1. The monoisotopic (exact) mass is 430 g/mol. The molecule has 2 atom stereocenters. The molecule has 0 radical (unpaired) electrons. The molecule has 30 heavy (non-hydrogen) atoms. The predicted octanol–water partition coefficient (Wildman–Crippen LogP) is 4.11. The summed E-state index contributed by atoms with van der Waals surface area (Å²) in [5, 5.41) is 0. The summed E-state index contributed by atoms with van der Waals surface area (Å²) in [4.78, 5) is 20.6. The van der Waals surface area contributed by atoms with Crippen molar-refractivity contribution in [3.05, 3.63) is 29.3 Å². The number of rotatable bonds is 4. The number of aromatic nitrogens is 2. The highest BCUT2D eigenvalue weighted by Crippen LogP contribution is 2.40. The molecule has 0 unspecified atom stereocenters. The second-order valence-corrected chi connectivity index (χ2v) is 8.48. The fraction of sp³-hybridized carbons (Fsp3) is 0.600. The number of benzene rings is 1. The number of nitrogens with zero attached hydrogens (tertiary/aromatic N) is 2. The van der Waals surface area contributed by atoms with Crippen LogP contribution >= 0.6 is 0 Å². The lowest BCUT2D eigenvalue weighted by atomic mass is 9.82. The number of imidazole rings is 1. The van der Waals surface area contributed by atoms with E-state index in [0.29, 0.717) is 11.3 Å². The van der Waals surface area contributed by atoms with Crippen LogP contribution < -0.4 is 5.73 Å². The number of fused-ring (bicyclic) bond motifs is 1. The third-order valence-electron chi connectivity index (χ3n) is 6.22. The number of alkyl halides is 4. The van der Waals surface area contributed by atoms with Gasteiger partial charge in [-0.1, -0.05) is 6.07 Å². The summed E-state index contributed by atoms with van der Waals surface area (Å²) in [6.45, 7) is 0.133. The number of carbonyl (C=O) groups excluding carboxylic acids is 1. The molecule has 3 N–H and O–H groups in total. The molecule has 2 heterocycles. The zero-order chi connectivity index (χ0) is 21.8. The maximum atomic E-state index is 15.1. The van der Waals surface area contributed by atoms with Crippen molar-refractivity contribution in [1.29, 1.82) is 0 Å². The number of H-pyrrole nitrogens is 1. The van der Waals surface area contributed by atoms with Gasteiger partial charge in [-0.05, 0) is 31.7 Å². The summed E-state index contributed by atoms with van der Waals surface area (Å²) in [6, 6.07) is 2.34. The van der Waals surface area contributed by atoms with Crippen molar-refractivity contribution in [2.45, 2.75) is 56.4 Å². The van der Waals surface area contributed by atoms with E-state index in [1.807, 2.05) is 0 Å². The van der Waals surface area contributed by atoms with Crippen LogP contribution in [0.25, 0.3) is 11.0 Å². The Morgan fingerprint density at radius 3 is 2.43 bits per heavy atom. The Balaban J connectivity index is 1.54. The average Bonchev–Trinajstić information content (AvgIpc) is 3.10. The summed E-state index contributed by atoms with van der Waals surface area (Å²) < 4.78 is 68.0. The van der Waals surface area contributed by atoms with Crippen molar-refractivity contribution < 1.29 is 26.7 Å². The van der Waals surface area contributed by atoms with Crippen molar-refractivity contribution in [2.75, 3.05) is 13.1 Å². The molecule has 4 rings (SSSR count). The molecule has 1 saturated heterocycles. The van der Waals surface area contributed by atoms with Gasteiger partial charge in [-0.15, -0.1) is 0 Å². The Labute approximate surface area is 169 Å². The first-order chi connectivity index (χ1) is 14.0. The van der Waals surface area contributed by atoms with Crippen LogP contribution in [0.15, 0.2) is 12.1 Å². The van der Waals surface area contributed by atoms with Crippen LogP contribution in [0.1, 0.15) is 56.0 Å². The lowest BCUT2D eigenvalue weighted by Gasteiger charge is -2.40. The Kier molecular flexibility index (Phi) is 5.03. The minimum absolute atomic E-state index is 0.00678. The highest BCUT2D eigenvalue weighted by Gasteiger charge is 2.47. The van der Waals surface area contributed by atoms with Gasteiger partial charge < -0.3 is 15.6 Å². The smallest absolute Gasteiger partial charge is 0.282 e. The topological polar surface area (TPSA) is 75.0 Å². The Morgan fingerprint density at radius 1 is 1.20 bits per heavy atom. The van der Waals surface area contributed by atoms with Gasteiger partial charge in [-0.2, -0.15) is 0 Å². The fourth-order valence-corrected chi connectivity index (χ4v) is 4.29. The first kappa shape index (κ1) is 21.0. The summed E-state index contributed by atoms with van der Waals surface area (Å²) >= 11 is 0. The number of hydrogen-bond donors (Lipinski definition) is 2. The van der Waals surface area contributed by atoms with Crippen LogP contribution in [0.5, 0.6) is 0 Å². The van der Waals surface area contributed by atoms with Crippen molar-refractivity contribution in [3.8, 4) is 0 Å². The summed E-state index contributed by atoms with van der Waals surface area (Å²) in [5.41, 5.74) is 6.64. The lowest BCUT2D eigenvalue weighted by Crippen LogP contribution is -2.59. The van der Waals surface area contributed by atoms with E-state index in [0.717, 1.165) is 4.90 Å². The highest BCUT2D eigenvalue weighted by molar-refractivity contribution is 5.86. The van der Waals surface area contributed by atoms with E-state index in [-0.39, 0.29) is 42.7 Å². The van der Waals surface area contributed by atoms with Crippen molar-refractivity contribution in [2.24, 2.45) is 11.7 Å². The molecule has 1 aromatic heterocycles. The van der Waals surface area contributed by atoms with Crippen LogP contribution in [0, 0.1) is 11.7 Å². The van der Waals surface area contributed by atoms with E-state index in [1.165, 1.54) is 13.0 Å². The first-order valence-corrected chi connectivity index (χ1v) is 9.95. The molecule has 164 valence electrons. The number of nitrogens with one attached hydrogen (secondary N) is 1. The molecular weight excluding hydrogens is 407 g/mol. The zero-order valence-electron chi connectivity index (χ0n) is 16.4. The van der Waals surface area contributed by atoms with Crippen LogP contribution in [0.3, 0.4) is 0 Å². The molecule has 1 amide bonds. The van der Waals surface area contributed by atoms with Gasteiger partial charge in [0.1, 0.15) is 11.3 Å². The summed E-state index contributed by atoms with van der Waals surface area (Å²) in [7, 11) is 0. The molecule has 1 aliphatic heterocycles.